The van der Waals surface area contributed by atoms with E-state index >= 15 is 0 Å². The molecule has 0 atom stereocenters. The number of rotatable bonds is 3. The largest absolute Gasteiger partial charge is 0.493 e. The smallest absolute Gasteiger partial charge is 0.249 e. The molecule has 1 aliphatic heterocycles. The molecule has 0 amide bonds. The van der Waals surface area contributed by atoms with Gasteiger partial charge in [0.25, 0.3) is 0 Å². The van der Waals surface area contributed by atoms with Gasteiger partial charge in [-0.3, -0.25) is 0 Å². The number of ether oxygens (including phenoxy) is 1. The summed E-state index contributed by atoms with van der Waals surface area (Å²) in [5, 5.41) is 0. The summed E-state index contributed by atoms with van der Waals surface area (Å²) in [6, 6.07) is 5.99. The highest BCUT2D eigenvalue weighted by molar-refractivity contribution is 5.40. The van der Waals surface area contributed by atoms with Crippen LogP contribution in [0.5, 0.6) is 5.75 Å². The number of hydrogen-bond acceptors (Lipinski definition) is 2. The maximum Gasteiger partial charge on any atom is 0.249 e. The fourth-order valence-corrected chi connectivity index (χ4v) is 3.17. The Balaban J connectivity index is 1.76. The Kier molecular flexibility index (Phi) is 2.59. The van der Waals surface area contributed by atoms with Gasteiger partial charge in [-0.1, -0.05) is 12.1 Å². The lowest BCUT2D eigenvalue weighted by Gasteiger charge is -2.47. The SMILES string of the molecule is NCC1(Cc2ccc3c(c2)CCO3)CC(F)(F)C1. The molecule has 2 aliphatic rings. The van der Waals surface area contributed by atoms with E-state index in [0.717, 1.165) is 24.3 Å². The summed E-state index contributed by atoms with van der Waals surface area (Å²) in [6.07, 6.45) is 1.40. The molecular weight excluding hydrogens is 236 g/mol. The van der Waals surface area contributed by atoms with Crippen LogP contribution in [0.1, 0.15) is 24.0 Å². The van der Waals surface area contributed by atoms with E-state index in [1.807, 2.05) is 12.1 Å². The summed E-state index contributed by atoms with van der Waals surface area (Å²) in [4.78, 5) is 0. The molecule has 2 N–H and O–H groups in total. The highest BCUT2D eigenvalue weighted by Gasteiger charge is 2.55. The zero-order chi connectivity index (χ0) is 12.8. The van der Waals surface area contributed by atoms with Gasteiger partial charge in [-0.25, -0.2) is 8.78 Å². The molecule has 1 aliphatic carbocycles. The number of nitrogens with two attached hydrogens (primary N) is 1. The summed E-state index contributed by atoms with van der Waals surface area (Å²) in [5.74, 6) is -1.58. The molecule has 1 heterocycles. The lowest BCUT2D eigenvalue weighted by molar-refractivity contribution is -0.156. The Bertz CT molecular complexity index is 465. The molecule has 18 heavy (non-hydrogen) atoms. The van der Waals surface area contributed by atoms with Gasteiger partial charge in [-0.05, 0) is 35.6 Å². The second-order valence-electron chi connectivity index (χ2n) is 5.63. The molecule has 0 aromatic heterocycles. The van der Waals surface area contributed by atoms with Crippen molar-refractivity contribution in [3.8, 4) is 5.75 Å². The molecule has 1 fully saturated rings. The Morgan fingerprint density at radius 2 is 2.06 bits per heavy atom. The van der Waals surface area contributed by atoms with Gasteiger partial charge in [0.2, 0.25) is 5.92 Å². The van der Waals surface area contributed by atoms with Gasteiger partial charge >= 0.3 is 0 Å². The highest BCUT2D eigenvalue weighted by Crippen LogP contribution is 2.53. The first-order valence-electron chi connectivity index (χ1n) is 6.35. The van der Waals surface area contributed by atoms with Gasteiger partial charge in [-0.2, -0.15) is 0 Å². The van der Waals surface area contributed by atoms with E-state index in [2.05, 4.69) is 6.07 Å². The lowest BCUT2D eigenvalue weighted by Crippen LogP contribution is -2.51. The molecule has 1 aromatic rings. The van der Waals surface area contributed by atoms with Crippen molar-refractivity contribution in [2.45, 2.75) is 31.6 Å². The van der Waals surface area contributed by atoms with Crippen molar-refractivity contribution in [3.63, 3.8) is 0 Å². The van der Waals surface area contributed by atoms with Crippen molar-refractivity contribution < 1.29 is 13.5 Å². The van der Waals surface area contributed by atoms with Gasteiger partial charge in [0, 0.05) is 19.3 Å². The summed E-state index contributed by atoms with van der Waals surface area (Å²) in [6.45, 7) is 1.05. The molecule has 0 radical (unpaired) electrons. The third kappa shape index (κ3) is 1.99. The Labute approximate surface area is 105 Å². The monoisotopic (exact) mass is 253 g/mol. The normalized spacial score (nSPS) is 23.1. The van der Waals surface area contributed by atoms with Crippen molar-refractivity contribution in [2.24, 2.45) is 11.1 Å². The maximum absolute atomic E-state index is 13.1. The zero-order valence-electron chi connectivity index (χ0n) is 10.2. The molecule has 1 saturated carbocycles. The third-order valence-corrected chi connectivity index (χ3v) is 4.03. The number of benzene rings is 1. The van der Waals surface area contributed by atoms with Crippen LogP contribution in [0.25, 0.3) is 0 Å². The average Bonchev–Trinajstić information content (AvgIpc) is 2.73. The predicted octanol–water partition coefficient (Wildman–Crippen LogP) is 2.54. The van der Waals surface area contributed by atoms with Crippen LogP contribution in [0.15, 0.2) is 18.2 Å². The van der Waals surface area contributed by atoms with Crippen molar-refractivity contribution in [1.29, 1.82) is 0 Å². The second-order valence-corrected chi connectivity index (χ2v) is 5.63. The maximum atomic E-state index is 13.1. The fraction of sp³-hybridized carbons (Fsp3) is 0.571. The van der Waals surface area contributed by atoms with Crippen LogP contribution in [0.2, 0.25) is 0 Å². The van der Waals surface area contributed by atoms with Gasteiger partial charge in [0.1, 0.15) is 5.75 Å². The predicted molar refractivity (Wildman–Crippen MR) is 65.0 cm³/mol. The topological polar surface area (TPSA) is 35.2 Å². The minimum Gasteiger partial charge on any atom is -0.493 e. The molecule has 3 rings (SSSR count). The Morgan fingerprint density at radius 3 is 2.72 bits per heavy atom. The summed E-state index contributed by atoms with van der Waals surface area (Å²) >= 11 is 0. The lowest BCUT2D eigenvalue weighted by atomic mass is 9.63. The van der Waals surface area contributed by atoms with Gasteiger partial charge in [0.05, 0.1) is 6.61 Å². The van der Waals surface area contributed by atoms with Gasteiger partial charge in [0.15, 0.2) is 0 Å². The van der Waals surface area contributed by atoms with Crippen molar-refractivity contribution in [3.05, 3.63) is 29.3 Å². The standard InChI is InChI=1S/C14H17F2NO/c15-14(16)7-13(8-14,9-17)6-10-1-2-12-11(5-10)3-4-18-12/h1-2,5H,3-4,6-9,17H2. The third-order valence-electron chi connectivity index (χ3n) is 4.03. The summed E-state index contributed by atoms with van der Waals surface area (Å²) in [7, 11) is 0. The first kappa shape index (κ1) is 11.9. The molecule has 98 valence electrons. The quantitative estimate of drug-likeness (QED) is 0.898. The fourth-order valence-electron chi connectivity index (χ4n) is 3.17. The van der Waals surface area contributed by atoms with E-state index in [1.54, 1.807) is 0 Å². The molecule has 1 aromatic carbocycles. The Hall–Kier alpha value is -1.16. The van der Waals surface area contributed by atoms with Gasteiger partial charge < -0.3 is 10.5 Å². The van der Waals surface area contributed by atoms with Crippen LogP contribution in [-0.4, -0.2) is 19.1 Å². The molecule has 4 heteroatoms. The summed E-state index contributed by atoms with van der Waals surface area (Å²) < 4.78 is 31.6. The molecule has 2 nitrogen and oxygen atoms in total. The second kappa shape index (κ2) is 3.92. The average molecular weight is 253 g/mol. The van der Waals surface area contributed by atoms with Crippen LogP contribution in [-0.2, 0) is 12.8 Å². The van der Waals surface area contributed by atoms with E-state index < -0.39 is 11.3 Å². The number of halogens is 2. The molecule has 0 bridgehead atoms. The number of fused-ring (bicyclic) bond motifs is 1. The van der Waals surface area contributed by atoms with Crippen LogP contribution >= 0.6 is 0 Å². The first-order valence-corrected chi connectivity index (χ1v) is 6.35. The van der Waals surface area contributed by atoms with E-state index in [0.29, 0.717) is 13.0 Å². The minimum atomic E-state index is -2.51. The van der Waals surface area contributed by atoms with E-state index in [1.165, 1.54) is 5.56 Å². The molecule has 0 unspecified atom stereocenters. The first-order chi connectivity index (χ1) is 8.52. The zero-order valence-corrected chi connectivity index (χ0v) is 10.2. The number of alkyl halides is 2. The minimum absolute atomic E-state index is 0.0793. The van der Waals surface area contributed by atoms with Gasteiger partial charge in [-0.15, -0.1) is 0 Å². The van der Waals surface area contributed by atoms with Crippen LogP contribution in [0.3, 0.4) is 0 Å². The van der Waals surface area contributed by atoms with Crippen molar-refractivity contribution in [2.75, 3.05) is 13.2 Å². The van der Waals surface area contributed by atoms with E-state index in [-0.39, 0.29) is 12.8 Å². The van der Waals surface area contributed by atoms with Crippen molar-refractivity contribution in [1.82, 2.24) is 0 Å². The van der Waals surface area contributed by atoms with Crippen molar-refractivity contribution >= 4 is 0 Å². The molecule has 0 saturated heterocycles. The van der Waals surface area contributed by atoms with Crippen LogP contribution < -0.4 is 10.5 Å². The van der Waals surface area contributed by atoms with Crippen LogP contribution in [0.4, 0.5) is 8.78 Å². The van der Waals surface area contributed by atoms with Crippen LogP contribution in [0, 0.1) is 5.41 Å². The Morgan fingerprint density at radius 1 is 1.28 bits per heavy atom. The molecular formula is C14H17F2NO. The highest BCUT2D eigenvalue weighted by atomic mass is 19.3. The number of hydrogen-bond donors (Lipinski definition) is 1. The van der Waals surface area contributed by atoms with E-state index in [4.69, 9.17) is 10.5 Å². The molecule has 0 spiro atoms. The van der Waals surface area contributed by atoms with E-state index in [9.17, 15) is 8.78 Å². The summed E-state index contributed by atoms with van der Waals surface area (Å²) in [5.41, 5.74) is 7.57.